The van der Waals surface area contributed by atoms with Crippen LogP contribution in [0.15, 0.2) is 0 Å². The minimum Gasteiger partial charge on any atom is -0.305 e. The van der Waals surface area contributed by atoms with Gasteiger partial charge in [-0.3, -0.25) is 0 Å². The molecule has 1 rings (SSSR count). The monoisotopic (exact) mass is 166 g/mol. The number of likely N-dealkylation sites (N-methyl/N-ethyl adjacent to an activating group) is 1. The predicted molar refractivity (Wildman–Crippen MR) is 52.0 cm³/mol. The molecule has 1 aliphatic rings. The summed E-state index contributed by atoms with van der Waals surface area (Å²) in [5.74, 6) is 5.92. The smallest absolute Gasteiger partial charge is 0.0578 e. The molecule has 0 aliphatic carbocycles. The molecule has 1 saturated heterocycles. The molecule has 68 valence electrons. The van der Waals surface area contributed by atoms with Gasteiger partial charge in [-0.25, -0.2) is 0 Å². The van der Waals surface area contributed by atoms with Crippen molar-refractivity contribution < 1.29 is 0 Å². The average molecular weight is 166 g/mol. The molecule has 1 heterocycles. The topological polar surface area (TPSA) is 15.3 Å². The summed E-state index contributed by atoms with van der Waals surface area (Å²) >= 11 is 0. The van der Waals surface area contributed by atoms with Crippen LogP contribution in [0.1, 0.15) is 19.8 Å². The van der Waals surface area contributed by atoms with Gasteiger partial charge in [0.1, 0.15) is 0 Å². The molecule has 0 aromatic heterocycles. The maximum absolute atomic E-state index is 3.44. The van der Waals surface area contributed by atoms with E-state index in [1.807, 2.05) is 6.92 Å². The maximum Gasteiger partial charge on any atom is 0.0578 e. The highest BCUT2D eigenvalue weighted by Crippen LogP contribution is 2.06. The quantitative estimate of drug-likeness (QED) is 0.607. The number of piperidine rings is 1. The van der Waals surface area contributed by atoms with E-state index in [0.29, 0.717) is 6.04 Å². The molecule has 0 amide bonds. The first-order valence-electron chi connectivity index (χ1n) is 4.64. The van der Waals surface area contributed by atoms with E-state index in [-0.39, 0.29) is 0 Å². The standard InChI is InChI=1S/C10H18N2/c1-3-4-7-11-10-6-5-8-12(2)9-10/h10-11H,5-9H2,1-2H3. The van der Waals surface area contributed by atoms with Crippen LogP contribution in [0, 0.1) is 11.8 Å². The van der Waals surface area contributed by atoms with Gasteiger partial charge in [0.05, 0.1) is 6.54 Å². The Hall–Kier alpha value is -0.520. The van der Waals surface area contributed by atoms with E-state index in [9.17, 15) is 0 Å². The SMILES string of the molecule is CC#CCNC1CCCN(C)C1. The Morgan fingerprint density at radius 2 is 2.42 bits per heavy atom. The van der Waals surface area contributed by atoms with Crippen LogP contribution < -0.4 is 5.32 Å². The Bertz CT molecular complexity index is 178. The molecule has 1 atom stereocenters. The van der Waals surface area contributed by atoms with Crippen LogP contribution >= 0.6 is 0 Å². The molecule has 2 heteroatoms. The van der Waals surface area contributed by atoms with Crippen LogP contribution in [0.2, 0.25) is 0 Å². The molecule has 1 fully saturated rings. The van der Waals surface area contributed by atoms with E-state index in [0.717, 1.165) is 6.54 Å². The number of nitrogens with one attached hydrogen (secondary N) is 1. The van der Waals surface area contributed by atoms with Crippen molar-refractivity contribution in [2.75, 3.05) is 26.7 Å². The third-order valence-corrected chi connectivity index (χ3v) is 2.28. The van der Waals surface area contributed by atoms with Crippen molar-refractivity contribution in [1.29, 1.82) is 0 Å². The van der Waals surface area contributed by atoms with Gasteiger partial charge in [0.15, 0.2) is 0 Å². The van der Waals surface area contributed by atoms with Gasteiger partial charge in [-0.15, -0.1) is 5.92 Å². The summed E-state index contributed by atoms with van der Waals surface area (Å²) in [7, 11) is 2.18. The summed E-state index contributed by atoms with van der Waals surface area (Å²) in [6.45, 7) is 5.15. The van der Waals surface area contributed by atoms with Crippen LogP contribution in [-0.4, -0.2) is 37.6 Å². The predicted octanol–water partition coefficient (Wildman–Crippen LogP) is 0.694. The van der Waals surface area contributed by atoms with Crippen LogP contribution in [-0.2, 0) is 0 Å². The highest BCUT2D eigenvalue weighted by molar-refractivity contribution is 4.98. The Morgan fingerprint density at radius 3 is 3.08 bits per heavy atom. The average Bonchev–Trinajstić information content (AvgIpc) is 2.05. The molecule has 1 unspecified atom stereocenters. The summed E-state index contributed by atoms with van der Waals surface area (Å²) in [5.41, 5.74) is 0. The normalized spacial score (nSPS) is 24.7. The number of nitrogens with zero attached hydrogens (tertiary/aromatic N) is 1. The molecule has 2 nitrogen and oxygen atoms in total. The summed E-state index contributed by atoms with van der Waals surface area (Å²) < 4.78 is 0. The highest BCUT2D eigenvalue weighted by atomic mass is 15.1. The fraction of sp³-hybridized carbons (Fsp3) is 0.800. The van der Waals surface area contributed by atoms with Crippen LogP contribution in [0.5, 0.6) is 0 Å². The summed E-state index contributed by atoms with van der Waals surface area (Å²) in [4.78, 5) is 2.38. The third-order valence-electron chi connectivity index (χ3n) is 2.28. The fourth-order valence-corrected chi connectivity index (χ4v) is 1.62. The Labute approximate surface area is 75.3 Å². The van der Waals surface area contributed by atoms with Crippen molar-refractivity contribution in [3.63, 3.8) is 0 Å². The second kappa shape index (κ2) is 5.18. The van der Waals surface area contributed by atoms with Crippen LogP contribution in [0.3, 0.4) is 0 Å². The Balaban J connectivity index is 2.17. The summed E-state index contributed by atoms with van der Waals surface area (Å²) in [5, 5.41) is 3.44. The molecular weight excluding hydrogens is 148 g/mol. The zero-order valence-corrected chi connectivity index (χ0v) is 8.06. The minimum atomic E-state index is 0.657. The zero-order chi connectivity index (χ0) is 8.81. The lowest BCUT2D eigenvalue weighted by atomic mass is 10.1. The molecule has 12 heavy (non-hydrogen) atoms. The summed E-state index contributed by atoms with van der Waals surface area (Å²) in [6, 6.07) is 0.657. The number of hydrogen-bond acceptors (Lipinski definition) is 2. The molecule has 0 saturated carbocycles. The number of likely N-dealkylation sites (tertiary alicyclic amines) is 1. The molecule has 1 aliphatic heterocycles. The molecule has 0 aromatic carbocycles. The second-order valence-electron chi connectivity index (χ2n) is 3.41. The third kappa shape index (κ3) is 3.25. The minimum absolute atomic E-state index is 0.657. The maximum atomic E-state index is 3.44. The largest absolute Gasteiger partial charge is 0.305 e. The zero-order valence-electron chi connectivity index (χ0n) is 8.06. The molecule has 0 bridgehead atoms. The van der Waals surface area contributed by atoms with E-state index in [1.54, 1.807) is 0 Å². The van der Waals surface area contributed by atoms with E-state index in [1.165, 1.54) is 25.9 Å². The number of hydrogen-bond donors (Lipinski definition) is 1. The Kier molecular flexibility index (Phi) is 4.13. The van der Waals surface area contributed by atoms with Crippen molar-refractivity contribution in [2.24, 2.45) is 0 Å². The van der Waals surface area contributed by atoms with Crippen LogP contribution in [0.4, 0.5) is 0 Å². The fourth-order valence-electron chi connectivity index (χ4n) is 1.62. The van der Waals surface area contributed by atoms with Gasteiger partial charge in [-0.05, 0) is 33.4 Å². The van der Waals surface area contributed by atoms with Crippen LogP contribution in [0.25, 0.3) is 0 Å². The van der Waals surface area contributed by atoms with Gasteiger partial charge >= 0.3 is 0 Å². The van der Waals surface area contributed by atoms with Gasteiger partial charge < -0.3 is 10.2 Å². The molecule has 1 N–H and O–H groups in total. The van der Waals surface area contributed by atoms with Crippen molar-refractivity contribution in [3.8, 4) is 11.8 Å². The first-order valence-corrected chi connectivity index (χ1v) is 4.64. The molecular formula is C10H18N2. The van der Waals surface area contributed by atoms with Gasteiger partial charge in [0.25, 0.3) is 0 Å². The molecule has 0 aromatic rings. The highest BCUT2D eigenvalue weighted by Gasteiger charge is 2.15. The van der Waals surface area contributed by atoms with E-state index in [4.69, 9.17) is 0 Å². The summed E-state index contributed by atoms with van der Waals surface area (Å²) in [6.07, 6.45) is 2.61. The van der Waals surface area contributed by atoms with Gasteiger partial charge in [0.2, 0.25) is 0 Å². The second-order valence-corrected chi connectivity index (χ2v) is 3.41. The molecule has 0 spiro atoms. The van der Waals surface area contributed by atoms with Crippen molar-refractivity contribution in [3.05, 3.63) is 0 Å². The van der Waals surface area contributed by atoms with Gasteiger partial charge in [0, 0.05) is 12.6 Å². The van der Waals surface area contributed by atoms with Crippen molar-refractivity contribution >= 4 is 0 Å². The van der Waals surface area contributed by atoms with Gasteiger partial charge in [-0.2, -0.15) is 0 Å². The first-order chi connectivity index (χ1) is 5.83. The van der Waals surface area contributed by atoms with E-state index < -0.39 is 0 Å². The number of rotatable bonds is 2. The lowest BCUT2D eigenvalue weighted by molar-refractivity contribution is 0.231. The van der Waals surface area contributed by atoms with Crippen molar-refractivity contribution in [2.45, 2.75) is 25.8 Å². The lowest BCUT2D eigenvalue weighted by Crippen LogP contribution is -2.44. The lowest BCUT2D eigenvalue weighted by Gasteiger charge is -2.29. The van der Waals surface area contributed by atoms with E-state index >= 15 is 0 Å². The molecule has 0 radical (unpaired) electrons. The Morgan fingerprint density at radius 1 is 1.58 bits per heavy atom. The van der Waals surface area contributed by atoms with Crippen molar-refractivity contribution in [1.82, 2.24) is 10.2 Å². The first kappa shape index (κ1) is 9.57. The van der Waals surface area contributed by atoms with Gasteiger partial charge in [-0.1, -0.05) is 5.92 Å². The van der Waals surface area contributed by atoms with E-state index in [2.05, 4.69) is 29.1 Å².